The second kappa shape index (κ2) is 6.47. The molecule has 116 valence electrons. The second-order valence-electron chi connectivity index (χ2n) is 5.16. The lowest BCUT2D eigenvalue weighted by molar-refractivity contribution is -0.148. The summed E-state index contributed by atoms with van der Waals surface area (Å²) < 4.78 is 15.1. The number of carbonyl (C=O) groups is 2. The molecular weight excluding hydrogens is 284 g/mol. The number of esters is 1. The summed E-state index contributed by atoms with van der Waals surface area (Å²) in [6.45, 7) is 1.56. The minimum Gasteiger partial charge on any atom is -0.497 e. The number of carbonyl (C=O) groups excluding carboxylic acids is 2. The van der Waals surface area contributed by atoms with Gasteiger partial charge in [0, 0.05) is 0 Å². The Morgan fingerprint density at radius 1 is 1.18 bits per heavy atom. The van der Waals surface area contributed by atoms with Crippen molar-refractivity contribution in [3.8, 4) is 5.75 Å². The van der Waals surface area contributed by atoms with Gasteiger partial charge in [-0.3, -0.25) is 9.59 Å². The van der Waals surface area contributed by atoms with Gasteiger partial charge in [0.15, 0.2) is 5.76 Å². The number of Topliss-reactive ketones (excluding diaryl/α,β-unsaturated/α-hetero) is 1. The van der Waals surface area contributed by atoms with Crippen LogP contribution in [0.3, 0.4) is 0 Å². The number of hydrogen-bond donors (Lipinski definition) is 0. The fraction of sp³-hybridized carbons (Fsp3) is 0.294. The molecule has 0 saturated carbocycles. The third-order valence-electron chi connectivity index (χ3n) is 3.57. The monoisotopic (exact) mass is 302 g/mol. The molecule has 0 N–H and O–H groups in total. The molecule has 1 aromatic heterocycles. The molecule has 2 aromatic rings. The molecular formula is C17H18O5. The van der Waals surface area contributed by atoms with Gasteiger partial charge in [-0.15, -0.1) is 0 Å². The molecule has 0 aliphatic heterocycles. The van der Waals surface area contributed by atoms with Crippen molar-refractivity contribution in [2.45, 2.75) is 13.3 Å². The highest BCUT2D eigenvalue weighted by atomic mass is 16.5. The summed E-state index contributed by atoms with van der Waals surface area (Å²) in [6.07, 6.45) is 1.59. The van der Waals surface area contributed by atoms with E-state index in [0.29, 0.717) is 5.75 Å². The van der Waals surface area contributed by atoms with E-state index >= 15 is 0 Å². The quantitative estimate of drug-likeness (QED) is 0.466. The summed E-state index contributed by atoms with van der Waals surface area (Å²) in [7, 11) is 2.83. The summed E-state index contributed by atoms with van der Waals surface area (Å²) in [5.41, 5.74) is -0.564. The first-order chi connectivity index (χ1) is 10.5. The number of ketones is 1. The number of methoxy groups -OCH3 is 2. The highest BCUT2D eigenvalue weighted by Gasteiger charge is 2.44. The Labute approximate surface area is 128 Å². The summed E-state index contributed by atoms with van der Waals surface area (Å²) in [5.74, 6) is -0.213. The van der Waals surface area contributed by atoms with Crippen LogP contribution < -0.4 is 4.74 Å². The van der Waals surface area contributed by atoms with Crippen LogP contribution >= 0.6 is 0 Å². The fourth-order valence-electron chi connectivity index (χ4n) is 2.34. The van der Waals surface area contributed by atoms with Gasteiger partial charge in [-0.25, -0.2) is 0 Å². The SMILES string of the molecule is COC(=O)C(C)(Cc1cccc(OC)c1)C(=O)c1ccco1. The predicted octanol–water partition coefficient (Wildman–Crippen LogP) is 2.89. The third kappa shape index (κ3) is 3.03. The first kappa shape index (κ1) is 15.8. The van der Waals surface area contributed by atoms with E-state index in [2.05, 4.69) is 0 Å². The van der Waals surface area contributed by atoms with E-state index < -0.39 is 17.2 Å². The number of rotatable bonds is 6. The van der Waals surface area contributed by atoms with Gasteiger partial charge >= 0.3 is 5.97 Å². The lowest BCUT2D eigenvalue weighted by atomic mass is 9.78. The standard InChI is InChI=1S/C17H18O5/c1-17(16(19)21-3,15(18)14-8-5-9-22-14)11-12-6-4-7-13(10-12)20-2/h4-10H,11H2,1-3H3. The third-order valence-corrected chi connectivity index (χ3v) is 3.57. The van der Waals surface area contributed by atoms with Crippen molar-refractivity contribution in [1.29, 1.82) is 0 Å². The average Bonchev–Trinajstić information content (AvgIpc) is 3.07. The van der Waals surface area contributed by atoms with Crippen molar-refractivity contribution in [3.63, 3.8) is 0 Å². The Hall–Kier alpha value is -2.56. The minimum absolute atomic E-state index is 0.135. The van der Waals surface area contributed by atoms with Crippen LogP contribution in [0, 0.1) is 5.41 Å². The van der Waals surface area contributed by atoms with Crippen molar-refractivity contribution >= 4 is 11.8 Å². The normalized spacial score (nSPS) is 13.2. The lowest BCUT2D eigenvalue weighted by Crippen LogP contribution is -2.39. The zero-order valence-corrected chi connectivity index (χ0v) is 12.8. The van der Waals surface area contributed by atoms with Crippen LogP contribution in [-0.4, -0.2) is 26.0 Å². The van der Waals surface area contributed by atoms with Gasteiger partial charge in [-0.2, -0.15) is 0 Å². The van der Waals surface area contributed by atoms with Crippen LogP contribution in [0.4, 0.5) is 0 Å². The Bertz CT molecular complexity index is 659. The molecule has 0 fully saturated rings. The predicted molar refractivity (Wildman–Crippen MR) is 79.9 cm³/mol. The van der Waals surface area contributed by atoms with Crippen LogP contribution in [0.1, 0.15) is 23.0 Å². The molecule has 0 saturated heterocycles. The Kier molecular flexibility index (Phi) is 4.65. The molecule has 22 heavy (non-hydrogen) atoms. The summed E-state index contributed by atoms with van der Waals surface area (Å²) in [5, 5.41) is 0. The van der Waals surface area contributed by atoms with Gasteiger partial charge in [0.1, 0.15) is 11.2 Å². The van der Waals surface area contributed by atoms with Crippen molar-refractivity contribution in [1.82, 2.24) is 0 Å². The topological polar surface area (TPSA) is 65.7 Å². The molecule has 1 atom stereocenters. The molecule has 0 aliphatic rings. The van der Waals surface area contributed by atoms with E-state index in [9.17, 15) is 9.59 Å². The Morgan fingerprint density at radius 2 is 1.95 bits per heavy atom. The van der Waals surface area contributed by atoms with Crippen LogP contribution in [-0.2, 0) is 16.0 Å². The van der Waals surface area contributed by atoms with Crippen LogP contribution in [0.2, 0.25) is 0 Å². The van der Waals surface area contributed by atoms with E-state index in [4.69, 9.17) is 13.9 Å². The molecule has 0 bridgehead atoms. The first-order valence-electron chi connectivity index (χ1n) is 6.81. The van der Waals surface area contributed by atoms with Gasteiger partial charge in [0.2, 0.25) is 5.78 Å². The van der Waals surface area contributed by atoms with Gasteiger partial charge in [-0.05, 0) is 43.2 Å². The maximum absolute atomic E-state index is 12.7. The summed E-state index contributed by atoms with van der Waals surface area (Å²) in [4.78, 5) is 24.9. The maximum atomic E-state index is 12.7. The van der Waals surface area contributed by atoms with Crippen LogP contribution in [0.25, 0.3) is 0 Å². The average molecular weight is 302 g/mol. The van der Waals surface area contributed by atoms with Gasteiger partial charge in [0.25, 0.3) is 0 Å². The van der Waals surface area contributed by atoms with Crippen molar-refractivity contribution in [2.24, 2.45) is 5.41 Å². The first-order valence-corrected chi connectivity index (χ1v) is 6.81. The molecule has 0 spiro atoms. The van der Waals surface area contributed by atoms with E-state index in [1.807, 2.05) is 12.1 Å². The Balaban J connectivity index is 2.37. The van der Waals surface area contributed by atoms with Gasteiger partial charge in [0.05, 0.1) is 20.5 Å². The number of ether oxygens (including phenoxy) is 2. The molecule has 1 unspecified atom stereocenters. The zero-order valence-electron chi connectivity index (χ0n) is 12.8. The molecule has 0 radical (unpaired) electrons. The fourth-order valence-corrected chi connectivity index (χ4v) is 2.34. The van der Waals surface area contributed by atoms with Gasteiger partial charge in [-0.1, -0.05) is 12.1 Å². The van der Waals surface area contributed by atoms with Crippen LogP contribution in [0.15, 0.2) is 47.1 Å². The van der Waals surface area contributed by atoms with E-state index in [-0.39, 0.29) is 12.2 Å². The van der Waals surface area contributed by atoms with Crippen molar-refractivity contribution < 1.29 is 23.5 Å². The smallest absolute Gasteiger partial charge is 0.319 e. The minimum atomic E-state index is -1.36. The van der Waals surface area contributed by atoms with E-state index in [1.54, 1.807) is 32.2 Å². The molecule has 1 heterocycles. The summed E-state index contributed by atoms with van der Waals surface area (Å²) >= 11 is 0. The number of hydrogen-bond acceptors (Lipinski definition) is 5. The largest absolute Gasteiger partial charge is 0.497 e. The highest BCUT2D eigenvalue weighted by molar-refractivity contribution is 6.11. The molecule has 1 aromatic carbocycles. The lowest BCUT2D eigenvalue weighted by Gasteiger charge is -2.24. The highest BCUT2D eigenvalue weighted by Crippen LogP contribution is 2.30. The van der Waals surface area contributed by atoms with Gasteiger partial charge < -0.3 is 13.9 Å². The zero-order chi connectivity index (χ0) is 16.2. The second-order valence-corrected chi connectivity index (χ2v) is 5.16. The van der Waals surface area contributed by atoms with E-state index in [0.717, 1.165) is 5.56 Å². The molecule has 5 heteroatoms. The molecule has 0 aliphatic carbocycles. The summed E-state index contributed by atoms with van der Waals surface area (Å²) in [6, 6.07) is 10.4. The van der Waals surface area contributed by atoms with Crippen LogP contribution in [0.5, 0.6) is 5.75 Å². The molecule has 0 amide bonds. The maximum Gasteiger partial charge on any atom is 0.319 e. The number of furan rings is 1. The molecule has 5 nitrogen and oxygen atoms in total. The Morgan fingerprint density at radius 3 is 2.55 bits per heavy atom. The molecule has 2 rings (SSSR count). The number of benzene rings is 1. The van der Waals surface area contributed by atoms with E-state index in [1.165, 1.54) is 19.4 Å². The van der Waals surface area contributed by atoms with Crippen molar-refractivity contribution in [2.75, 3.05) is 14.2 Å². The van der Waals surface area contributed by atoms with Crippen molar-refractivity contribution in [3.05, 3.63) is 54.0 Å².